The third-order valence-electron chi connectivity index (χ3n) is 3.06. The van der Waals surface area contributed by atoms with E-state index in [0.29, 0.717) is 0 Å². The summed E-state index contributed by atoms with van der Waals surface area (Å²) in [7, 11) is 0. The Morgan fingerprint density at radius 3 is 2.12 bits per heavy atom. The van der Waals surface area contributed by atoms with Crippen molar-refractivity contribution in [2.75, 3.05) is 0 Å². The van der Waals surface area contributed by atoms with Crippen molar-refractivity contribution >= 4 is 0 Å². The molecule has 0 radical (unpaired) electrons. The Bertz CT molecular complexity index is 510. The lowest BCUT2D eigenvalue weighted by Crippen LogP contribution is -1.90. The number of nitrogens with zero attached hydrogens (tertiary/aromatic N) is 1. The Kier molecular flexibility index (Phi) is 2.78. The minimum atomic E-state index is 1.06. The molecule has 1 nitrogen and oxygen atoms in total. The van der Waals surface area contributed by atoms with E-state index in [4.69, 9.17) is 0 Å². The van der Waals surface area contributed by atoms with Gasteiger partial charge < -0.3 is 0 Å². The average molecular weight is 211 g/mol. The van der Waals surface area contributed by atoms with E-state index in [9.17, 15) is 0 Å². The lowest BCUT2D eigenvalue weighted by Gasteiger charge is -2.09. The second-order valence-electron chi connectivity index (χ2n) is 4.44. The monoisotopic (exact) mass is 211 g/mol. The standard InChI is InChI=1S/C15H17N/c1-10-7-12(3)15(8-11(10)2)14-6-5-13(4)16-9-14/h5-9H,1-4H3. The van der Waals surface area contributed by atoms with Crippen molar-refractivity contribution in [3.8, 4) is 11.1 Å². The van der Waals surface area contributed by atoms with E-state index in [1.165, 1.54) is 27.8 Å². The highest BCUT2D eigenvalue weighted by Crippen LogP contribution is 2.25. The molecule has 0 N–H and O–H groups in total. The molecule has 0 aliphatic carbocycles. The number of hydrogen-bond donors (Lipinski definition) is 0. The highest BCUT2D eigenvalue weighted by atomic mass is 14.7. The normalized spacial score (nSPS) is 10.5. The fourth-order valence-corrected chi connectivity index (χ4v) is 1.90. The smallest absolute Gasteiger partial charge is 0.0373 e. The van der Waals surface area contributed by atoms with Crippen molar-refractivity contribution in [2.24, 2.45) is 0 Å². The van der Waals surface area contributed by atoms with Gasteiger partial charge in [0.05, 0.1) is 0 Å². The first-order chi connectivity index (χ1) is 7.58. The van der Waals surface area contributed by atoms with Crippen LogP contribution >= 0.6 is 0 Å². The van der Waals surface area contributed by atoms with Crippen LogP contribution in [0.15, 0.2) is 30.5 Å². The molecule has 0 saturated carbocycles. The van der Waals surface area contributed by atoms with Gasteiger partial charge in [-0.3, -0.25) is 4.98 Å². The van der Waals surface area contributed by atoms with Gasteiger partial charge >= 0.3 is 0 Å². The highest BCUT2D eigenvalue weighted by molar-refractivity contribution is 5.68. The molecule has 0 aliphatic heterocycles. The molecular weight excluding hydrogens is 194 g/mol. The largest absolute Gasteiger partial charge is 0.261 e. The van der Waals surface area contributed by atoms with Crippen LogP contribution in [0.2, 0.25) is 0 Å². The lowest BCUT2D eigenvalue weighted by molar-refractivity contribution is 1.20. The molecule has 0 atom stereocenters. The molecule has 2 rings (SSSR count). The van der Waals surface area contributed by atoms with Gasteiger partial charge in [-0.1, -0.05) is 18.2 Å². The average Bonchev–Trinajstić information content (AvgIpc) is 2.25. The van der Waals surface area contributed by atoms with Gasteiger partial charge in [0.25, 0.3) is 0 Å². The third kappa shape index (κ3) is 1.99. The number of hydrogen-bond acceptors (Lipinski definition) is 1. The number of aryl methyl sites for hydroxylation is 4. The summed E-state index contributed by atoms with van der Waals surface area (Å²) < 4.78 is 0. The molecule has 0 spiro atoms. The maximum absolute atomic E-state index is 4.35. The Hall–Kier alpha value is -1.63. The summed E-state index contributed by atoms with van der Waals surface area (Å²) in [6, 6.07) is 8.69. The molecule has 2 aromatic rings. The molecule has 0 bridgehead atoms. The fraction of sp³-hybridized carbons (Fsp3) is 0.267. The Balaban J connectivity index is 2.56. The maximum Gasteiger partial charge on any atom is 0.0373 e. The summed E-state index contributed by atoms with van der Waals surface area (Å²) in [5.41, 5.74) is 7.54. The van der Waals surface area contributed by atoms with Crippen LogP contribution in [0.1, 0.15) is 22.4 Å². The third-order valence-corrected chi connectivity index (χ3v) is 3.06. The minimum Gasteiger partial charge on any atom is -0.261 e. The molecule has 82 valence electrons. The molecule has 1 aromatic carbocycles. The summed E-state index contributed by atoms with van der Waals surface area (Å²) in [5, 5.41) is 0. The van der Waals surface area contributed by atoms with Gasteiger partial charge in [0, 0.05) is 17.5 Å². The van der Waals surface area contributed by atoms with Crippen LogP contribution in [0.3, 0.4) is 0 Å². The van der Waals surface area contributed by atoms with E-state index in [0.717, 1.165) is 5.69 Å². The fourth-order valence-electron chi connectivity index (χ4n) is 1.90. The SMILES string of the molecule is Cc1ccc(-c2cc(C)c(C)cc2C)cn1. The molecule has 0 unspecified atom stereocenters. The van der Waals surface area contributed by atoms with Crippen LogP contribution < -0.4 is 0 Å². The molecule has 1 heterocycles. The van der Waals surface area contributed by atoms with Gasteiger partial charge in [-0.05, 0) is 56.0 Å². The van der Waals surface area contributed by atoms with Crippen molar-refractivity contribution in [2.45, 2.75) is 27.7 Å². The van der Waals surface area contributed by atoms with Gasteiger partial charge in [0.2, 0.25) is 0 Å². The molecular formula is C15H17N. The minimum absolute atomic E-state index is 1.06. The lowest BCUT2D eigenvalue weighted by atomic mass is 9.96. The maximum atomic E-state index is 4.35. The topological polar surface area (TPSA) is 12.9 Å². The van der Waals surface area contributed by atoms with Crippen LogP contribution in [-0.2, 0) is 0 Å². The van der Waals surface area contributed by atoms with E-state index in [-0.39, 0.29) is 0 Å². The number of aromatic nitrogens is 1. The zero-order chi connectivity index (χ0) is 11.7. The number of pyridine rings is 1. The Morgan fingerprint density at radius 2 is 1.50 bits per heavy atom. The van der Waals surface area contributed by atoms with Gasteiger partial charge in [-0.2, -0.15) is 0 Å². The van der Waals surface area contributed by atoms with Gasteiger partial charge in [-0.15, -0.1) is 0 Å². The molecule has 16 heavy (non-hydrogen) atoms. The second-order valence-corrected chi connectivity index (χ2v) is 4.44. The zero-order valence-corrected chi connectivity index (χ0v) is 10.3. The predicted octanol–water partition coefficient (Wildman–Crippen LogP) is 3.98. The number of benzene rings is 1. The van der Waals surface area contributed by atoms with Crippen molar-refractivity contribution < 1.29 is 0 Å². The first-order valence-electron chi connectivity index (χ1n) is 5.59. The Labute approximate surface area is 97.2 Å². The molecule has 1 heteroatoms. The summed E-state index contributed by atoms with van der Waals surface area (Å²) >= 11 is 0. The summed E-state index contributed by atoms with van der Waals surface area (Å²) in [5.74, 6) is 0. The van der Waals surface area contributed by atoms with Crippen molar-refractivity contribution in [1.29, 1.82) is 0 Å². The highest BCUT2D eigenvalue weighted by Gasteiger charge is 2.04. The van der Waals surface area contributed by atoms with Gasteiger partial charge in [-0.25, -0.2) is 0 Å². The quantitative estimate of drug-likeness (QED) is 0.695. The zero-order valence-electron chi connectivity index (χ0n) is 10.3. The predicted molar refractivity (Wildman–Crippen MR) is 68.6 cm³/mol. The van der Waals surface area contributed by atoms with Gasteiger partial charge in [0.1, 0.15) is 0 Å². The Morgan fingerprint density at radius 1 is 0.812 bits per heavy atom. The van der Waals surface area contributed by atoms with Crippen LogP contribution in [-0.4, -0.2) is 4.98 Å². The molecule has 0 amide bonds. The van der Waals surface area contributed by atoms with Crippen molar-refractivity contribution in [1.82, 2.24) is 4.98 Å². The van der Waals surface area contributed by atoms with Crippen molar-refractivity contribution in [3.05, 3.63) is 52.8 Å². The molecule has 0 fully saturated rings. The molecule has 1 aromatic heterocycles. The van der Waals surface area contributed by atoms with Gasteiger partial charge in [0.15, 0.2) is 0 Å². The van der Waals surface area contributed by atoms with Crippen LogP contribution in [0, 0.1) is 27.7 Å². The molecule has 0 aliphatic rings. The first kappa shape index (κ1) is 10.9. The summed E-state index contributed by atoms with van der Waals surface area (Å²) in [6.07, 6.45) is 1.95. The van der Waals surface area contributed by atoms with E-state index >= 15 is 0 Å². The summed E-state index contributed by atoms with van der Waals surface area (Å²) in [6.45, 7) is 8.47. The van der Waals surface area contributed by atoms with Crippen molar-refractivity contribution in [3.63, 3.8) is 0 Å². The second kappa shape index (κ2) is 4.09. The van der Waals surface area contributed by atoms with E-state index in [1.54, 1.807) is 0 Å². The molecule has 0 saturated heterocycles. The van der Waals surface area contributed by atoms with E-state index in [2.05, 4.69) is 50.0 Å². The van der Waals surface area contributed by atoms with E-state index in [1.807, 2.05) is 13.1 Å². The first-order valence-corrected chi connectivity index (χ1v) is 5.59. The van der Waals surface area contributed by atoms with E-state index < -0.39 is 0 Å². The van der Waals surface area contributed by atoms with Crippen LogP contribution in [0.25, 0.3) is 11.1 Å². The van der Waals surface area contributed by atoms with Crippen LogP contribution in [0.5, 0.6) is 0 Å². The number of rotatable bonds is 1. The summed E-state index contributed by atoms with van der Waals surface area (Å²) in [4.78, 5) is 4.35. The van der Waals surface area contributed by atoms with Crippen LogP contribution in [0.4, 0.5) is 0 Å².